The van der Waals surface area contributed by atoms with E-state index in [9.17, 15) is 31.5 Å². The number of carbonyl (C=O) groups excluding carboxylic acids is 1. The van der Waals surface area contributed by atoms with Gasteiger partial charge in [-0.1, -0.05) is 12.1 Å². The average molecular weight is 445 g/mol. The summed E-state index contributed by atoms with van der Waals surface area (Å²) < 4.78 is 69.8. The molecule has 5 nitrogen and oxygen atoms in total. The lowest BCUT2D eigenvalue weighted by Gasteiger charge is -2.12. The average Bonchev–Trinajstić information content (AvgIpc) is 3.13. The van der Waals surface area contributed by atoms with Crippen LogP contribution in [0.15, 0.2) is 47.5 Å². The molecule has 1 aliphatic heterocycles. The van der Waals surface area contributed by atoms with Crippen LogP contribution in [-0.4, -0.2) is 34.9 Å². The van der Waals surface area contributed by atoms with E-state index in [-0.39, 0.29) is 33.8 Å². The van der Waals surface area contributed by atoms with Crippen LogP contribution in [0.4, 0.5) is 27.6 Å². The number of carboxylic acids is 1. The first-order valence-corrected chi connectivity index (χ1v) is 9.40. The van der Waals surface area contributed by atoms with Gasteiger partial charge in [0.15, 0.2) is 0 Å². The molecule has 11 heteroatoms. The van der Waals surface area contributed by atoms with Crippen molar-refractivity contribution in [1.29, 1.82) is 0 Å². The molecule has 0 unspecified atom stereocenters. The number of rotatable bonds is 5. The minimum atomic E-state index is -4.93. The fourth-order valence-electron chi connectivity index (χ4n) is 2.74. The van der Waals surface area contributed by atoms with Gasteiger partial charge in [-0.3, -0.25) is 4.79 Å². The first-order chi connectivity index (χ1) is 14.0. The molecule has 0 fully saturated rings. The summed E-state index contributed by atoms with van der Waals surface area (Å²) in [5.41, 5.74) is -1.06. The van der Waals surface area contributed by atoms with Gasteiger partial charge in [-0.25, -0.2) is 13.6 Å². The number of alkyl halides is 3. The lowest BCUT2D eigenvalue weighted by molar-refractivity contribution is -0.274. The molecule has 30 heavy (non-hydrogen) atoms. The molecule has 158 valence electrons. The SMILES string of the molecule is O=C(O)C1=C(C(=O)Nc2c(F)cc(-c3cccc(OC(F)(F)F)c3)cc2F)CSC1. The predicted octanol–water partition coefficient (Wildman–Crippen LogP) is 4.60. The number of hydrogen-bond donors (Lipinski definition) is 2. The van der Waals surface area contributed by atoms with Crippen LogP contribution < -0.4 is 10.1 Å². The molecule has 3 rings (SSSR count). The van der Waals surface area contributed by atoms with Crippen LogP contribution in [0, 0.1) is 11.6 Å². The summed E-state index contributed by atoms with van der Waals surface area (Å²) in [4.78, 5) is 23.4. The van der Waals surface area contributed by atoms with Crippen LogP contribution in [0.3, 0.4) is 0 Å². The van der Waals surface area contributed by atoms with Crippen LogP contribution in [0.1, 0.15) is 0 Å². The summed E-state index contributed by atoms with van der Waals surface area (Å²) in [5, 5.41) is 11.1. The first kappa shape index (κ1) is 21.6. The summed E-state index contributed by atoms with van der Waals surface area (Å²) in [7, 11) is 0. The number of aliphatic carboxylic acids is 1. The van der Waals surface area contributed by atoms with E-state index < -0.39 is 41.3 Å². The molecule has 0 aromatic heterocycles. The molecule has 1 aliphatic rings. The second-order valence-electron chi connectivity index (χ2n) is 6.10. The molecule has 1 amide bonds. The van der Waals surface area contributed by atoms with Crippen LogP contribution in [0.5, 0.6) is 5.75 Å². The lowest BCUT2D eigenvalue weighted by Crippen LogP contribution is -2.19. The monoisotopic (exact) mass is 445 g/mol. The molecule has 0 atom stereocenters. The van der Waals surface area contributed by atoms with Crippen molar-refractivity contribution in [3.63, 3.8) is 0 Å². The molecule has 2 N–H and O–H groups in total. The van der Waals surface area contributed by atoms with Gasteiger partial charge >= 0.3 is 12.3 Å². The maximum atomic E-state index is 14.5. The van der Waals surface area contributed by atoms with E-state index >= 15 is 0 Å². The van der Waals surface area contributed by atoms with Gasteiger partial charge < -0.3 is 15.2 Å². The minimum absolute atomic E-state index is 0.0514. The summed E-state index contributed by atoms with van der Waals surface area (Å²) in [6, 6.07) is 6.21. The number of halogens is 5. The highest BCUT2D eigenvalue weighted by atomic mass is 32.2. The van der Waals surface area contributed by atoms with Crippen molar-refractivity contribution in [2.24, 2.45) is 0 Å². The normalized spacial score (nSPS) is 14.0. The van der Waals surface area contributed by atoms with Crippen molar-refractivity contribution < 1.29 is 41.4 Å². The Labute approximate surface area is 170 Å². The van der Waals surface area contributed by atoms with Gasteiger partial charge in [-0.15, -0.1) is 13.2 Å². The van der Waals surface area contributed by atoms with Crippen molar-refractivity contribution in [2.75, 3.05) is 16.8 Å². The molecule has 0 bridgehead atoms. The Morgan fingerprint density at radius 1 is 1.00 bits per heavy atom. The number of nitrogens with one attached hydrogen (secondary N) is 1. The Morgan fingerprint density at radius 2 is 1.63 bits per heavy atom. The number of thioether (sulfide) groups is 1. The van der Waals surface area contributed by atoms with E-state index in [0.29, 0.717) is 0 Å². The van der Waals surface area contributed by atoms with Crippen molar-refractivity contribution in [3.8, 4) is 16.9 Å². The molecular formula is C19H12F5NO4S. The highest BCUT2D eigenvalue weighted by molar-refractivity contribution is 8.00. The standard InChI is InChI=1S/C19H12F5NO4S/c20-14-5-10(9-2-1-3-11(4-9)29-19(22,23)24)6-15(21)16(14)25-17(26)12-7-30-8-13(12)18(27)28/h1-6H,7-8H2,(H,25,26)(H,27,28). The number of hydrogen-bond acceptors (Lipinski definition) is 4. The zero-order chi connectivity index (χ0) is 22.1. The van der Waals surface area contributed by atoms with Gasteiger partial charge in [0.1, 0.15) is 23.1 Å². The second kappa shape index (κ2) is 8.34. The lowest BCUT2D eigenvalue weighted by atomic mass is 10.0. The van der Waals surface area contributed by atoms with Gasteiger partial charge in [-0.05, 0) is 35.4 Å². The quantitative estimate of drug-likeness (QED) is 0.659. The van der Waals surface area contributed by atoms with Gasteiger partial charge in [0, 0.05) is 17.1 Å². The Bertz CT molecular complexity index is 1030. The first-order valence-electron chi connectivity index (χ1n) is 8.25. The Kier molecular flexibility index (Phi) is 6.01. The smallest absolute Gasteiger partial charge is 0.478 e. The van der Waals surface area contributed by atoms with Crippen LogP contribution in [0.2, 0.25) is 0 Å². The van der Waals surface area contributed by atoms with Gasteiger partial charge in [-0.2, -0.15) is 11.8 Å². The molecule has 0 radical (unpaired) electrons. The van der Waals surface area contributed by atoms with Gasteiger partial charge in [0.25, 0.3) is 5.91 Å². The van der Waals surface area contributed by atoms with E-state index in [2.05, 4.69) is 4.74 Å². The topological polar surface area (TPSA) is 75.6 Å². The summed E-state index contributed by atoms with van der Waals surface area (Å²) in [6.07, 6.45) is -4.93. The fourth-order valence-corrected chi connectivity index (χ4v) is 3.86. The van der Waals surface area contributed by atoms with Gasteiger partial charge in [0.2, 0.25) is 0 Å². The van der Waals surface area contributed by atoms with E-state index in [4.69, 9.17) is 5.11 Å². The van der Waals surface area contributed by atoms with E-state index in [1.54, 1.807) is 0 Å². The van der Waals surface area contributed by atoms with Crippen molar-refractivity contribution in [3.05, 3.63) is 59.2 Å². The zero-order valence-electron chi connectivity index (χ0n) is 14.8. The van der Waals surface area contributed by atoms with E-state index in [0.717, 1.165) is 24.3 Å². The predicted molar refractivity (Wildman–Crippen MR) is 99.1 cm³/mol. The third-order valence-corrected chi connectivity index (χ3v) is 5.06. The largest absolute Gasteiger partial charge is 0.573 e. The van der Waals surface area contributed by atoms with Crippen molar-refractivity contribution >= 4 is 29.3 Å². The molecular weight excluding hydrogens is 433 g/mol. The van der Waals surface area contributed by atoms with Crippen LogP contribution >= 0.6 is 11.8 Å². The third kappa shape index (κ3) is 4.90. The van der Waals surface area contributed by atoms with E-state index in [1.165, 1.54) is 23.9 Å². The zero-order valence-corrected chi connectivity index (χ0v) is 15.7. The number of carbonyl (C=O) groups is 2. The van der Waals surface area contributed by atoms with Crippen molar-refractivity contribution in [1.82, 2.24) is 0 Å². The van der Waals surface area contributed by atoms with Crippen LogP contribution in [-0.2, 0) is 9.59 Å². The molecule has 2 aromatic rings. The number of benzene rings is 2. The highest BCUT2D eigenvalue weighted by Crippen LogP contribution is 2.32. The summed E-state index contributed by atoms with van der Waals surface area (Å²) >= 11 is 1.18. The number of anilines is 1. The Hall–Kier alpha value is -3.08. The minimum Gasteiger partial charge on any atom is -0.478 e. The van der Waals surface area contributed by atoms with Crippen molar-refractivity contribution in [2.45, 2.75) is 6.36 Å². The van der Waals surface area contributed by atoms with Gasteiger partial charge in [0.05, 0.1) is 5.57 Å². The molecule has 0 saturated heterocycles. The molecule has 1 heterocycles. The molecule has 0 spiro atoms. The van der Waals surface area contributed by atoms with Crippen LogP contribution in [0.25, 0.3) is 11.1 Å². The number of carboxylic acid groups (broad SMARTS) is 1. The summed E-state index contributed by atoms with van der Waals surface area (Å²) in [6.45, 7) is 0. The Morgan fingerprint density at radius 3 is 2.23 bits per heavy atom. The fraction of sp³-hybridized carbons (Fsp3) is 0.158. The maximum absolute atomic E-state index is 14.5. The highest BCUT2D eigenvalue weighted by Gasteiger charge is 2.31. The van der Waals surface area contributed by atoms with E-state index in [1.807, 2.05) is 5.32 Å². The number of amides is 1. The molecule has 2 aromatic carbocycles. The molecule has 0 aliphatic carbocycles. The third-order valence-electron chi connectivity index (χ3n) is 4.07. The molecule has 0 saturated carbocycles. The Balaban J connectivity index is 1.88. The number of ether oxygens (including phenoxy) is 1. The second-order valence-corrected chi connectivity index (χ2v) is 7.09. The summed E-state index contributed by atoms with van der Waals surface area (Å²) in [5.74, 6) is -4.97. The maximum Gasteiger partial charge on any atom is 0.573 e.